The summed E-state index contributed by atoms with van der Waals surface area (Å²) in [6.45, 7) is 23.1. The number of benzene rings is 20. The van der Waals surface area contributed by atoms with E-state index in [4.69, 9.17) is 4.74 Å². The third-order valence-electron chi connectivity index (χ3n) is 34.9. The molecule has 718 valence electrons. The number of aromatic nitrogens is 5. The smallest absolute Gasteiger partial charge is 0.210 e. The zero-order valence-corrected chi connectivity index (χ0v) is 86.4. The molecule has 35 rings (SSSR count). The van der Waals surface area contributed by atoms with Gasteiger partial charge in [0.2, 0.25) is 19.7 Å². The normalized spacial score (nSPS) is 15.8. The number of ether oxygens (including phenoxy) is 1. The molecule has 0 saturated heterocycles. The Bertz CT molecular complexity index is 10800. The minimum absolute atomic E-state index is 0.00956. The van der Waals surface area contributed by atoms with E-state index in [1.54, 1.807) is 36.4 Å². The maximum atomic E-state index is 13.5. The van der Waals surface area contributed by atoms with E-state index in [0.717, 1.165) is 105 Å². The Hall–Kier alpha value is -16.9. The van der Waals surface area contributed by atoms with Crippen LogP contribution in [0.2, 0.25) is 0 Å². The number of hydrogen-bond acceptors (Lipinski definition) is 7. The fraction of sp³-hybridized carbons (Fsp3) is 0.110. The second kappa shape index (κ2) is 30.0. The van der Waals surface area contributed by atoms with Crippen molar-refractivity contribution < 1.29 is 21.6 Å². The number of fused-ring (bicyclic) bond motifs is 41. The Balaban J connectivity index is 0.0000000844. The molecule has 0 amide bonds. The van der Waals surface area contributed by atoms with Crippen molar-refractivity contribution >= 4 is 157 Å². The Morgan fingerprint density at radius 2 is 0.560 bits per heavy atom. The summed E-state index contributed by atoms with van der Waals surface area (Å²) in [5.41, 5.74) is 42.4. The summed E-state index contributed by atoms with van der Waals surface area (Å²) in [5, 5.41) is 13.4. The van der Waals surface area contributed by atoms with E-state index < -0.39 is 19.7 Å². The Labute approximate surface area is 870 Å². The van der Waals surface area contributed by atoms with E-state index in [0.29, 0.717) is 19.6 Å². The van der Waals surface area contributed by atoms with E-state index >= 15 is 0 Å². The minimum atomic E-state index is -3.57. The van der Waals surface area contributed by atoms with Crippen LogP contribution in [-0.4, -0.2) is 39.5 Å². The third kappa shape index (κ3) is 11.3. The van der Waals surface area contributed by atoms with Crippen molar-refractivity contribution in [1.82, 2.24) is 22.7 Å². The van der Waals surface area contributed by atoms with Crippen LogP contribution < -0.4 is 10.2 Å². The highest BCUT2D eigenvalue weighted by atomic mass is 32.2. The molecule has 9 aliphatic rings. The fourth-order valence-electron chi connectivity index (χ4n) is 28.0. The highest BCUT2D eigenvalue weighted by Gasteiger charge is 2.46. The lowest BCUT2D eigenvalue weighted by molar-refractivity contribution is 0.476. The molecule has 0 unspecified atom stereocenters. The molecule has 26 aromatic rings. The highest BCUT2D eigenvalue weighted by molar-refractivity contribution is 7.99. The summed E-state index contributed by atoms with van der Waals surface area (Å²) in [4.78, 5) is 17.4. The second-order valence-electron chi connectivity index (χ2n) is 44.3. The van der Waals surface area contributed by atoms with Gasteiger partial charge in [0.15, 0.2) is 16.9 Å². The topological polar surface area (TPSA) is 119 Å². The van der Waals surface area contributed by atoms with E-state index in [-0.39, 0.29) is 32.5 Å². The average Bonchev–Trinajstić information content (AvgIpc) is 1.52. The lowest BCUT2D eigenvalue weighted by atomic mass is 9.80. The summed E-state index contributed by atoms with van der Waals surface area (Å²) < 4.78 is 71.5. The molecule has 0 spiro atoms. The van der Waals surface area contributed by atoms with Gasteiger partial charge in [-0.15, -0.1) is 0 Å². The zero-order valence-electron chi connectivity index (χ0n) is 83.9. The number of pyridine rings is 1. The molecule has 0 atom stereocenters. The van der Waals surface area contributed by atoms with Gasteiger partial charge < -0.3 is 27.4 Å². The van der Waals surface area contributed by atoms with E-state index in [1.807, 2.05) is 90.6 Å². The van der Waals surface area contributed by atoms with Gasteiger partial charge in [0.05, 0.1) is 103 Å². The maximum Gasteiger partial charge on any atom is 0.210 e. The van der Waals surface area contributed by atoms with Gasteiger partial charge in [-0.25, -0.2) is 16.8 Å². The van der Waals surface area contributed by atoms with Crippen LogP contribution in [0.15, 0.2) is 428 Å². The third-order valence-corrected chi connectivity index (χ3v) is 39.7. The van der Waals surface area contributed by atoms with Crippen LogP contribution in [0, 0.1) is 0 Å². The van der Waals surface area contributed by atoms with Gasteiger partial charge in [0, 0.05) is 102 Å². The average molecular weight is 1990 g/mol. The molecule has 5 aliphatic carbocycles. The van der Waals surface area contributed by atoms with Crippen molar-refractivity contribution in [1.29, 1.82) is 0 Å². The first-order chi connectivity index (χ1) is 72.7. The van der Waals surface area contributed by atoms with Crippen LogP contribution in [0.3, 0.4) is 0 Å². The molecular weight excluding hydrogens is 1900 g/mol. The van der Waals surface area contributed by atoms with Crippen LogP contribution in [0.1, 0.15) is 125 Å². The first-order valence-corrected chi connectivity index (χ1v) is 55.4. The Kier molecular flexibility index (Phi) is 17.5. The van der Waals surface area contributed by atoms with Crippen LogP contribution >= 0.6 is 11.8 Å². The molecule has 11 nitrogen and oxygen atoms in total. The monoisotopic (exact) mass is 1990 g/mol. The van der Waals surface area contributed by atoms with Crippen LogP contribution in [0.5, 0.6) is 11.5 Å². The lowest BCUT2D eigenvalue weighted by Gasteiger charge is -2.23. The molecule has 0 saturated carbocycles. The van der Waals surface area contributed by atoms with Gasteiger partial charge in [0.25, 0.3) is 0 Å². The van der Waals surface area contributed by atoms with Crippen molar-refractivity contribution in [2.24, 2.45) is 0 Å². The van der Waals surface area contributed by atoms with Gasteiger partial charge in [-0.1, -0.05) is 330 Å². The number of hydrogen-bond donors (Lipinski definition) is 0. The number of nitrogens with zero attached hydrogens (tertiary/aromatic N) is 5. The summed E-state index contributed by atoms with van der Waals surface area (Å²) in [7, 11) is -7.13. The van der Waals surface area contributed by atoms with E-state index in [1.165, 1.54) is 176 Å². The maximum absolute atomic E-state index is 13.5. The minimum Gasteiger partial charge on any atom is -0.453 e. The van der Waals surface area contributed by atoms with Crippen molar-refractivity contribution in [2.45, 2.75) is 126 Å². The summed E-state index contributed by atoms with van der Waals surface area (Å²) in [6, 6.07) is 137. The SMILES string of the molecule is CC1(C)c2ccccc2-c2cc3c4cccc5c(=O)c6ccccc6n(c3cc21)c54.CC1(C)c2ccccc2-c2cc3c4cccc5c4n(c3cc21)-c1ccccc1O5.CC1(C)c2ccccc2-c2cc3c4cccc5c4n(c3cc21)-c1ccccc1S5.CC1(C)c2ccccc2-c2cc3c4cccc5c4n(c3cc21)-c1ccccc1S5(=O)=O.CC1(C)c2ccccc2-c2ccc3c(c21)c1cccc2c1n3-c1ccccc1S2(=O)=O. The molecule has 0 radical (unpaired) electrons. The van der Waals surface area contributed by atoms with Crippen molar-refractivity contribution in [3.8, 4) is 89.9 Å². The van der Waals surface area contributed by atoms with Crippen molar-refractivity contribution in [3.63, 3.8) is 0 Å². The molecule has 0 fully saturated rings. The van der Waals surface area contributed by atoms with Crippen LogP contribution in [0.25, 0.3) is 204 Å². The Morgan fingerprint density at radius 3 is 1.09 bits per heavy atom. The molecule has 10 heterocycles. The molecule has 150 heavy (non-hydrogen) atoms. The largest absolute Gasteiger partial charge is 0.453 e. The number of sulfone groups is 2. The number of rotatable bonds is 0. The summed E-state index contributed by atoms with van der Waals surface area (Å²) in [5.74, 6) is 1.84. The van der Waals surface area contributed by atoms with Gasteiger partial charge in [-0.3, -0.25) is 4.79 Å². The molecule has 0 bridgehead atoms. The summed E-state index contributed by atoms with van der Waals surface area (Å²) >= 11 is 1.89. The molecule has 20 aromatic carbocycles. The quantitative estimate of drug-likeness (QED) is 0.139. The van der Waals surface area contributed by atoms with Crippen molar-refractivity contribution in [3.05, 3.63) is 460 Å². The first-order valence-electron chi connectivity index (χ1n) is 51.6. The predicted octanol–water partition coefficient (Wildman–Crippen LogP) is 33.7. The van der Waals surface area contributed by atoms with Gasteiger partial charge >= 0.3 is 0 Å². The van der Waals surface area contributed by atoms with Gasteiger partial charge in [-0.05, 0) is 257 Å². The van der Waals surface area contributed by atoms with Crippen LogP contribution in [0.4, 0.5) is 0 Å². The molecule has 6 aromatic heterocycles. The molecule has 0 N–H and O–H groups in total. The standard InChI is InChI=1S/C28H19NO.2C27H19NO2S.C27H19NO.C27H19NS/c1-28(2)22-12-5-3-8-16(22)20-14-21-17-10-7-11-19-26(17)29(25(21)15-23(20)28)24-13-6-4-9-18(24)27(19)30;1-27(2)20-10-4-3-8-16(20)18-14-19-17-9-7-13-25-26(17)28(23(19)15-21(18)27)22-11-5-6-12-24(22)31(25,29)30;1-27(2)19-10-4-3-8-16(19)17-14-15-21-24(25(17)27)18-9-7-13-23-26(18)28(21)20-11-5-6-12-22(20)31(23,29)30;2*1-27(2)20-10-4-3-8-16(20)18-14-19-17-9-7-13-25-26(17)28(23(19)15-21(18)27)22-11-5-6-12-24(22)29-25/h3-15H,1-2H3;2*3-15H,1-2H3;2*3-15H,1-2H3. The highest BCUT2D eigenvalue weighted by Crippen LogP contribution is 2.61. The van der Waals surface area contributed by atoms with E-state index in [9.17, 15) is 21.6 Å². The molecular formula is C136H95N5O6S3. The van der Waals surface area contributed by atoms with Crippen LogP contribution in [-0.2, 0) is 46.7 Å². The molecule has 4 aliphatic heterocycles. The Morgan fingerprint density at radius 1 is 0.220 bits per heavy atom. The fourth-order valence-corrected chi connectivity index (χ4v) is 32.4. The number of para-hydroxylation sites is 11. The van der Waals surface area contributed by atoms with E-state index in [2.05, 4.69) is 371 Å². The molecule has 14 heteroatoms. The zero-order chi connectivity index (χ0) is 101. The summed E-state index contributed by atoms with van der Waals surface area (Å²) in [6.07, 6.45) is 0. The van der Waals surface area contributed by atoms with Crippen molar-refractivity contribution in [2.75, 3.05) is 0 Å². The van der Waals surface area contributed by atoms with Gasteiger partial charge in [0.1, 0.15) is 0 Å². The first kappa shape index (κ1) is 87.3. The lowest BCUT2D eigenvalue weighted by Crippen LogP contribution is -2.16. The van der Waals surface area contributed by atoms with Gasteiger partial charge in [-0.2, -0.15) is 0 Å². The second-order valence-corrected chi connectivity index (χ2v) is 49.2. The predicted molar refractivity (Wildman–Crippen MR) is 613 cm³/mol.